The Hall–Kier alpha value is -0.400. The molecule has 0 N–H and O–H groups in total. The molecular formula is C6H18N2. The average molecular weight is 118 g/mol. The van der Waals surface area contributed by atoms with E-state index in [0.29, 0.717) is 0 Å². The third-order valence-corrected chi connectivity index (χ3v) is 0.383. The van der Waals surface area contributed by atoms with Gasteiger partial charge in [0.1, 0.15) is 0 Å². The molecule has 0 rings (SSSR count). The zero-order chi connectivity index (χ0) is 4.83. The van der Waals surface area contributed by atoms with Gasteiger partial charge in [-0.15, -0.1) is 0 Å². The molecule has 0 aliphatic heterocycles. The SMILES string of the molecule is C.C.CCN=NCC. The van der Waals surface area contributed by atoms with Gasteiger partial charge in [0.15, 0.2) is 0 Å². The fraction of sp³-hybridized carbons (Fsp3) is 1.00. The Balaban J connectivity index is -0.000000125. The van der Waals surface area contributed by atoms with Gasteiger partial charge < -0.3 is 0 Å². The molecule has 0 amide bonds. The molecule has 0 aliphatic rings. The van der Waals surface area contributed by atoms with E-state index in [-0.39, 0.29) is 14.9 Å². The molecule has 0 aromatic heterocycles. The van der Waals surface area contributed by atoms with E-state index < -0.39 is 0 Å². The monoisotopic (exact) mass is 118 g/mol. The van der Waals surface area contributed by atoms with Crippen LogP contribution in [0.25, 0.3) is 0 Å². The summed E-state index contributed by atoms with van der Waals surface area (Å²) in [6, 6.07) is 0. The van der Waals surface area contributed by atoms with E-state index in [1.54, 1.807) is 0 Å². The molecule has 8 heavy (non-hydrogen) atoms. The van der Waals surface area contributed by atoms with Gasteiger partial charge in [-0.25, -0.2) is 0 Å². The van der Waals surface area contributed by atoms with Crippen molar-refractivity contribution in [3.05, 3.63) is 0 Å². The van der Waals surface area contributed by atoms with Crippen molar-refractivity contribution in [3.8, 4) is 0 Å². The molecule has 0 aliphatic carbocycles. The van der Waals surface area contributed by atoms with Crippen molar-refractivity contribution >= 4 is 0 Å². The minimum Gasteiger partial charge on any atom is -0.195 e. The molecular weight excluding hydrogens is 100 g/mol. The van der Waals surface area contributed by atoms with E-state index in [2.05, 4.69) is 10.2 Å². The second-order valence-electron chi connectivity index (χ2n) is 0.915. The molecule has 52 valence electrons. The van der Waals surface area contributed by atoms with Crippen LogP contribution in [0.2, 0.25) is 0 Å². The minimum absolute atomic E-state index is 0. The Morgan fingerprint density at radius 2 is 1.12 bits per heavy atom. The number of nitrogens with zero attached hydrogens (tertiary/aromatic N) is 2. The van der Waals surface area contributed by atoms with Crippen LogP contribution in [0.15, 0.2) is 10.2 Å². The first-order valence-corrected chi connectivity index (χ1v) is 2.25. The largest absolute Gasteiger partial charge is 0.195 e. The van der Waals surface area contributed by atoms with Crippen LogP contribution in [0.3, 0.4) is 0 Å². The lowest BCUT2D eigenvalue weighted by molar-refractivity contribution is 0.905. The lowest BCUT2D eigenvalue weighted by Gasteiger charge is -1.73. The number of hydrogen-bond acceptors (Lipinski definition) is 2. The molecule has 0 aromatic rings. The maximum absolute atomic E-state index is 3.72. The van der Waals surface area contributed by atoms with Crippen LogP contribution in [0.4, 0.5) is 0 Å². The van der Waals surface area contributed by atoms with Gasteiger partial charge in [0.25, 0.3) is 0 Å². The lowest BCUT2D eigenvalue weighted by atomic mass is 10.8. The molecule has 2 nitrogen and oxygen atoms in total. The van der Waals surface area contributed by atoms with Crippen LogP contribution in [-0.4, -0.2) is 13.1 Å². The van der Waals surface area contributed by atoms with E-state index in [1.165, 1.54) is 0 Å². The van der Waals surface area contributed by atoms with Crippen LogP contribution < -0.4 is 0 Å². The average Bonchev–Trinajstić information content (AvgIpc) is 1.61. The third kappa shape index (κ3) is 17.5. The fourth-order valence-electron chi connectivity index (χ4n) is 0.200. The second-order valence-corrected chi connectivity index (χ2v) is 0.915. The van der Waals surface area contributed by atoms with Crippen LogP contribution in [-0.2, 0) is 0 Å². The normalized spacial score (nSPS) is 7.75. The Morgan fingerprint density at radius 1 is 0.875 bits per heavy atom. The first kappa shape index (κ1) is 15.6. The van der Waals surface area contributed by atoms with Gasteiger partial charge in [0, 0.05) is 0 Å². The summed E-state index contributed by atoms with van der Waals surface area (Å²) in [4.78, 5) is 0. The number of azo groups is 1. The van der Waals surface area contributed by atoms with Crippen molar-refractivity contribution < 1.29 is 0 Å². The summed E-state index contributed by atoms with van der Waals surface area (Å²) in [6.07, 6.45) is 0. The maximum Gasteiger partial charge on any atom is 0.0570 e. The molecule has 0 atom stereocenters. The highest BCUT2D eigenvalue weighted by Crippen LogP contribution is 1.69. The van der Waals surface area contributed by atoms with Gasteiger partial charge in [-0.3, -0.25) is 0 Å². The Kier molecular flexibility index (Phi) is 31.2. The van der Waals surface area contributed by atoms with E-state index in [0.717, 1.165) is 13.1 Å². The summed E-state index contributed by atoms with van der Waals surface area (Å²) in [6.45, 7) is 5.57. The standard InChI is InChI=1S/C4H10N2.2CH4/c1-3-5-6-4-2;;/h3-4H2,1-2H3;2*1H4. The Labute approximate surface area is 53.0 Å². The van der Waals surface area contributed by atoms with Crippen molar-refractivity contribution in [2.45, 2.75) is 28.7 Å². The van der Waals surface area contributed by atoms with Gasteiger partial charge in [-0.2, -0.15) is 10.2 Å². The summed E-state index contributed by atoms with van der Waals surface area (Å²) >= 11 is 0. The van der Waals surface area contributed by atoms with Crippen LogP contribution in [0, 0.1) is 0 Å². The molecule has 0 fully saturated rings. The van der Waals surface area contributed by atoms with Crippen LogP contribution >= 0.6 is 0 Å². The summed E-state index contributed by atoms with van der Waals surface area (Å²) in [7, 11) is 0. The van der Waals surface area contributed by atoms with Crippen LogP contribution in [0.5, 0.6) is 0 Å². The molecule has 0 aromatic carbocycles. The van der Waals surface area contributed by atoms with Crippen molar-refractivity contribution in [2.24, 2.45) is 10.2 Å². The molecule has 0 radical (unpaired) electrons. The van der Waals surface area contributed by atoms with Crippen molar-refractivity contribution in [1.82, 2.24) is 0 Å². The van der Waals surface area contributed by atoms with E-state index in [1.807, 2.05) is 13.8 Å². The molecule has 0 unspecified atom stereocenters. The third-order valence-electron chi connectivity index (χ3n) is 0.383. The van der Waals surface area contributed by atoms with E-state index >= 15 is 0 Å². The summed E-state index contributed by atoms with van der Waals surface area (Å²) in [5, 5.41) is 7.43. The highest BCUT2D eigenvalue weighted by atomic mass is 15.1. The maximum atomic E-state index is 3.72. The van der Waals surface area contributed by atoms with E-state index in [4.69, 9.17) is 0 Å². The van der Waals surface area contributed by atoms with Crippen LogP contribution in [0.1, 0.15) is 28.7 Å². The smallest absolute Gasteiger partial charge is 0.0570 e. The summed E-state index contributed by atoms with van der Waals surface area (Å²) < 4.78 is 0. The molecule has 0 spiro atoms. The van der Waals surface area contributed by atoms with Gasteiger partial charge in [-0.1, -0.05) is 14.9 Å². The quantitative estimate of drug-likeness (QED) is 0.498. The molecule has 0 bridgehead atoms. The first-order valence-electron chi connectivity index (χ1n) is 2.25. The Morgan fingerprint density at radius 3 is 1.25 bits per heavy atom. The first-order chi connectivity index (χ1) is 2.91. The topological polar surface area (TPSA) is 24.7 Å². The summed E-state index contributed by atoms with van der Waals surface area (Å²) in [5.74, 6) is 0. The van der Waals surface area contributed by atoms with Crippen molar-refractivity contribution in [2.75, 3.05) is 13.1 Å². The second kappa shape index (κ2) is 16.0. The molecule has 0 saturated heterocycles. The van der Waals surface area contributed by atoms with Gasteiger partial charge in [-0.05, 0) is 13.8 Å². The van der Waals surface area contributed by atoms with Gasteiger partial charge in [0.05, 0.1) is 13.1 Å². The Bertz CT molecular complexity index is 35.8. The predicted octanol–water partition coefficient (Wildman–Crippen LogP) is 2.75. The number of rotatable bonds is 2. The van der Waals surface area contributed by atoms with Crippen molar-refractivity contribution in [3.63, 3.8) is 0 Å². The lowest BCUT2D eigenvalue weighted by Crippen LogP contribution is -1.65. The zero-order valence-electron chi connectivity index (χ0n) is 4.31. The predicted molar refractivity (Wildman–Crippen MR) is 39.4 cm³/mol. The minimum atomic E-state index is 0. The summed E-state index contributed by atoms with van der Waals surface area (Å²) in [5.41, 5.74) is 0. The fourth-order valence-corrected chi connectivity index (χ4v) is 0.200. The molecule has 2 heteroatoms. The highest BCUT2D eigenvalue weighted by Gasteiger charge is 1.60. The van der Waals surface area contributed by atoms with Gasteiger partial charge >= 0.3 is 0 Å². The highest BCUT2D eigenvalue weighted by molar-refractivity contribution is 4.24. The zero-order valence-corrected chi connectivity index (χ0v) is 4.31. The molecule has 0 heterocycles. The number of hydrogen-bond donors (Lipinski definition) is 0. The van der Waals surface area contributed by atoms with E-state index in [9.17, 15) is 0 Å². The van der Waals surface area contributed by atoms with Gasteiger partial charge in [0.2, 0.25) is 0 Å². The van der Waals surface area contributed by atoms with Crippen molar-refractivity contribution in [1.29, 1.82) is 0 Å². The molecule has 0 saturated carbocycles.